The summed E-state index contributed by atoms with van der Waals surface area (Å²) in [5, 5.41) is 16.1. The van der Waals surface area contributed by atoms with Gasteiger partial charge in [0, 0.05) is 6.54 Å². The summed E-state index contributed by atoms with van der Waals surface area (Å²) < 4.78 is 0. The Morgan fingerprint density at radius 1 is 1.29 bits per heavy atom. The van der Waals surface area contributed by atoms with Crippen LogP contribution in [0, 0.1) is 5.41 Å². The lowest BCUT2D eigenvalue weighted by Gasteiger charge is -2.40. The summed E-state index contributed by atoms with van der Waals surface area (Å²) in [5.74, 6) is -0.0502. The van der Waals surface area contributed by atoms with Crippen molar-refractivity contribution in [1.29, 1.82) is 0 Å². The molecule has 0 heterocycles. The van der Waals surface area contributed by atoms with E-state index in [0.29, 0.717) is 12.0 Å². The summed E-state index contributed by atoms with van der Waals surface area (Å²) in [6.45, 7) is 6.64. The molecule has 17 heavy (non-hydrogen) atoms. The molecule has 4 heteroatoms. The normalized spacial score (nSPS) is 24.1. The van der Waals surface area contributed by atoms with E-state index in [1.54, 1.807) is 7.05 Å². The van der Waals surface area contributed by atoms with Crippen molar-refractivity contribution in [3.8, 4) is 0 Å². The summed E-state index contributed by atoms with van der Waals surface area (Å²) in [6, 6.07) is -0.210. The quantitative estimate of drug-likeness (QED) is 0.690. The molecule has 0 bridgehead atoms. The molecule has 1 aliphatic carbocycles. The van der Waals surface area contributed by atoms with E-state index in [1.165, 1.54) is 0 Å². The van der Waals surface area contributed by atoms with Crippen LogP contribution < -0.4 is 10.6 Å². The predicted molar refractivity (Wildman–Crippen MR) is 68.7 cm³/mol. The number of nitrogens with one attached hydrogen (secondary N) is 2. The van der Waals surface area contributed by atoms with Gasteiger partial charge in [-0.2, -0.15) is 0 Å². The molecule has 0 aromatic carbocycles. The Bertz CT molecular complexity index is 267. The number of hydrogen-bond acceptors (Lipinski definition) is 3. The van der Waals surface area contributed by atoms with E-state index < -0.39 is 5.60 Å². The number of rotatable bonds is 4. The van der Waals surface area contributed by atoms with Crippen LogP contribution in [0.3, 0.4) is 0 Å². The van der Waals surface area contributed by atoms with Crippen molar-refractivity contribution in [2.75, 3.05) is 13.6 Å². The zero-order valence-electron chi connectivity index (χ0n) is 11.5. The van der Waals surface area contributed by atoms with Gasteiger partial charge in [0.25, 0.3) is 0 Å². The molecular weight excluding hydrogens is 216 g/mol. The van der Waals surface area contributed by atoms with Crippen molar-refractivity contribution in [2.45, 2.75) is 58.1 Å². The summed E-state index contributed by atoms with van der Waals surface area (Å²) in [4.78, 5) is 11.6. The summed E-state index contributed by atoms with van der Waals surface area (Å²) in [7, 11) is 1.75. The maximum absolute atomic E-state index is 11.6. The fraction of sp³-hybridized carbons (Fsp3) is 0.923. The van der Waals surface area contributed by atoms with Crippen LogP contribution in [-0.2, 0) is 4.79 Å². The Balaban J connectivity index is 2.39. The minimum atomic E-state index is -0.710. The van der Waals surface area contributed by atoms with E-state index in [-0.39, 0.29) is 11.9 Å². The van der Waals surface area contributed by atoms with Gasteiger partial charge >= 0.3 is 0 Å². The fourth-order valence-electron chi connectivity index (χ4n) is 2.10. The van der Waals surface area contributed by atoms with E-state index in [4.69, 9.17) is 0 Å². The smallest absolute Gasteiger partial charge is 0.236 e. The first-order chi connectivity index (χ1) is 7.78. The molecule has 0 aromatic rings. The predicted octanol–water partition coefficient (Wildman–Crippen LogP) is 1.04. The van der Waals surface area contributed by atoms with Crippen LogP contribution in [0.5, 0.6) is 0 Å². The molecule has 0 saturated heterocycles. The van der Waals surface area contributed by atoms with Crippen molar-refractivity contribution >= 4 is 5.91 Å². The van der Waals surface area contributed by atoms with Gasteiger partial charge in [-0.3, -0.25) is 4.79 Å². The van der Waals surface area contributed by atoms with Crippen molar-refractivity contribution in [3.63, 3.8) is 0 Å². The molecule has 0 aromatic heterocycles. The fourth-order valence-corrected chi connectivity index (χ4v) is 2.10. The number of carbonyl (C=O) groups is 1. The van der Waals surface area contributed by atoms with Crippen LogP contribution in [0.4, 0.5) is 0 Å². The van der Waals surface area contributed by atoms with Crippen molar-refractivity contribution in [2.24, 2.45) is 5.41 Å². The number of hydrogen-bond donors (Lipinski definition) is 3. The first kappa shape index (κ1) is 14.5. The monoisotopic (exact) mass is 242 g/mol. The molecule has 1 saturated carbocycles. The Hall–Kier alpha value is -0.610. The van der Waals surface area contributed by atoms with Crippen molar-refractivity contribution in [3.05, 3.63) is 0 Å². The second-order valence-corrected chi connectivity index (χ2v) is 6.12. The van der Waals surface area contributed by atoms with Gasteiger partial charge in [-0.05, 0) is 45.1 Å². The van der Waals surface area contributed by atoms with Crippen LogP contribution >= 0.6 is 0 Å². The third kappa shape index (κ3) is 4.28. The molecular formula is C13H26N2O2. The lowest BCUT2D eigenvalue weighted by atomic mass is 9.71. The highest BCUT2D eigenvalue weighted by Gasteiger charge is 2.36. The molecule has 0 aliphatic heterocycles. The molecule has 1 fully saturated rings. The number of aliphatic hydroxyl groups is 1. The molecule has 0 radical (unpaired) electrons. The summed E-state index contributed by atoms with van der Waals surface area (Å²) >= 11 is 0. The largest absolute Gasteiger partial charge is 0.388 e. The molecule has 1 atom stereocenters. The van der Waals surface area contributed by atoms with Crippen LogP contribution in [0.25, 0.3) is 0 Å². The van der Waals surface area contributed by atoms with Gasteiger partial charge in [0.15, 0.2) is 0 Å². The SMILES string of the molecule is CNC(C)C(=O)NCC1(O)CCC(C)(C)CC1. The molecule has 1 amide bonds. The van der Waals surface area contributed by atoms with E-state index >= 15 is 0 Å². The van der Waals surface area contributed by atoms with Crippen LogP contribution in [-0.4, -0.2) is 36.2 Å². The highest BCUT2D eigenvalue weighted by atomic mass is 16.3. The van der Waals surface area contributed by atoms with Crippen LogP contribution in [0.1, 0.15) is 46.5 Å². The van der Waals surface area contributed by atoms with E-state index in [9.17, 15) is 9.90 Å². The Kier molecular flexibility index (Phi) is 4.55. The zero-order chi connectivity index (χ0) is 13.1. The maximum atomic E-state index is 11.6. The Labute approximate surface area is 104 Å². The van der Waals surface area contributed by atoms with E-state index in [2.05, 4.69) is 24.5 Å². The van der Waals surface area contributed by atoms with Gasteiger partial charge in [-0.25, -0.2) is 0 Å². The van der Waals surface area contributed by atoms with Gasteiger partial charge in [0.05, 0.1) is 11.6 Å². The molecule has 4 nitrogen and oxygen atoms in total. The van der Waals surface area contributed by atoms with Gasteiger partial charge in [0.2, 0.25) is 5.91 Å². The summed E-state index contributed by atoms with van der Waals surface area (Å²) in [5.41, 5.74) is -0.382. The molecule has 100 valence electrons. The van der Waals surface area contributed by atoms with Crippen LogP contribution in [0.15, 0.2) is 0 Å². The summed E-state index contributed by atoms with van der Waals surface area (Å²) in [6.07, 6.45) is 3.57. The third-order valence-electron chi connectivity index (χ3n) is 3.95. The molecule has 1 aliphatic rings. The minimum Gasteiger partial charge on any atom is -0.388 e. The molecule has 0 spiro atoms. The molecule has 1 rings (SSSR count). The van der Waals surface area contributed by atoms with Gasteiger partial charge < -0.3 is 15.7 Å². The van der Waals surface area contributed by atoms with E-state index in [0.717, 1.165) is 25.7 Å². The van der Waals surface area contributed by atoms with Crippen molar-refractivity contribution in [1.82, 2.24) is 10.6 Å². The first-order valence-corrected chi connectivity index (χ1v) is 6.45. The topological polar surface area (TPSA) is 61.4 Å². The van der Waals surface area contributed by atoms with Gasteiger partial charge in [-0.15, -0.1) is 0 Å². The average Bonchev–Trinajstić information content (AvgIpc) is 2.30. The van der Waals surface area contributed by atoms with Gasteiger partial charge in [-0.1, -0.05) is 13.8 Å². The Morgan fingerprint density at radius 3 is 2.29 bits per heavy atom. The standard InChI is InChI=1S/C13H26N2O2/c1-10(14-4)11(16)15-9-13(17)7-5-12(2,3)6-8-13/h10,14,17H,5-9H2,1-4H3,(H,15,16). The highest BCUT2D eigenvalue weighted by molar-refractivity contribution is 5.81. The first-order valence-electron chi connectivity index (χ1n) is 6.45. The van der Waals surface area contributed by atoms with Crippen LogP contribution in [0.2, 0.25) is 0 Å². The minimum absolute atomic E-state index is 0.0502. The number of amides is 1. The average molecular weight is 242 g/mol. The van der Waals surface area contributed by atoms with Gasteiger partial charge in [0.1, 0.15) is 0 Å². The number of carbonyl (C=O) groups excluding carboxylic acids is 1. The van der Waals surface area contributed by atoms with E-state index in [1.807, 2.05) is 6.92 Å². The Morgan fingerprint density at radius 2 is 1.82 bits per heavy atom. The lowest BCUT2D eigenvalue weighted by Crippen LogP contribution is -2.50. The molecule has 3 N–H and O–H groups in total. The second-order valence-electron chi connectivity index (χ2n) is 6.12. The third-order valence-corrected chi connectivity index (χ3v) is 3.95. The zero-order valence-corrected chi connectivity index (χ0v) is 11.5. The van der Waals surface area contributed by atoms with Crippen molar-refractivity contribution < 1.29 is 9.90 Å². The second kappa shape index (κ2) is 5.36. The highest BCUT2D eigenvalue weighted by Crippen LogP contribution is 2.39. The molecule has 1 unspecified atom stereocenters. The lowest BCUT2D eigenvalue weighted by molar-refractivity contribution is -0.124. The number of likely N-dealkylation sites (N-methyl/N-ethyl adjacent to an activating group) is 1. The maximum Gasteiger partial charge on any atom is 0.236 e.